The second-order valence-electron chi connectivity index (χ2n) is 6.87. The van der Waals surface area contributed by atoms with Crippen LogP contribution in [-0.4, -0.2) is 33.7 Å². The Hall–Kier alpha value is -2.82. The molecular formula is C22H18ClF3N2O3S2. The number of thiophene rings is 1. The number of benzene rings is 2. The van der Waals surface area contributed by atoms with E-state index in [1.165, 1.54) is 25.3 Å². The molecule has 33 heavy (non-hydrogen) atoms. The van der Waals surface area contributed by atoms with E-state index in [-0.39, 0.29) is 16.3 Å². The number of nitrogens with two attached hydrogens (primary N) is 1. The average molecular weight is 515 g/mol. The fourth-order valence-corrected chi connectivity index (χ4v) is 4.57. The van der Waals surface area contributed by atoms with E-state index in [9.17, 15) is 21.6 Å². The predicted octanol–water partition coefficient (Wildman–Crippen LogP) is 6.01. The molecule has 5 nitrogen and oxygen atoms in total. The Bertz CT molecular complexity index is 1350. The third kappa shape index (κ3) is 6.16. The minimum Gasteiger partial charge on any atom is -0.494 e. The lowest BCUT2D eigenvalue weighted by atomic mass is 10.2. The third-order valence-electron chi connectivity index (χ3n) is 4.41. The molecule has 0 fully saturated rings. The number of nitrogens with zero attached hydrogens (tertiary/aromatic N) is 1. The first kappa shape index (κ1) is 24.8. The van der Waals surface area contributed by atoms with Crippen molar-refractivity contribution >= 4 is 44.2 Å². The van der Waals surface area contributed by atoms with Gasteiger partial charge in [0, 0.05) is 16.2 Å². The maximum atomic E-state index is 13.2. The van der Waals surface area contributed by atoms with E-state index in [0.717, 1.165) is 23.7 Å². The van der Waals surface area contributed by atoms with Crippen molar-refractivity contribution in [2.24, 2.45) is 10.7 Å². The number of allylic oxidation sites excluding steroid dienone is 2. The summed E-state index contributed by atoms with van der Waals surface area (Å²) in [5.41, 5.74) is 4.71. The molecule has 0 aliphatic rings. The Morgan fingerprint density at radius 2 is 1.88 bits per heavy atom. The van der Waals surface area contributed by atoms with Crippen LogP contribution in [0.4, 0.5) is 18.9 Å². The van der Waals surface area contributed by atoms with Crippen molar-refractivity contribution < 1.29 is 26.3 Å². The van der Waals surface area contributed by atoms with Gasteiger partial charge in [-0.1, -0.05) is 23.7 Å². The van der Waals surface area contributed by atoms with Crippen LogP contribution in [0.3, 0.4) is 0 Å². The Balaban J connectivity index is 2.14. The molecule has 0 bridgehead atoms. The smallest absolute Gasteiger partial charge is 0.430 e. The predicted molar refractivity (Wildman–Crippen MR) is 125 cm³/mol. The summed E-state index contributed by atoms with van der Waals surface area (Å²) >= 11 is 7.16. The fourth-order valence-electron chi connectivity index (χ4n) is 2.78. The minimum absolute atomic E-state index is 0.0547. The summed E-state index contributed by atoms with van der Waals surface area (Å²) in [6.07, 6.45) is -2.91. The lowest BCUT2D eigenvalue weighted by molar-refractivity contribution is -0.0925. The van der Waals surface area contributed by atoms with Crippen molar-refractivity contribution in [1.82, 2.24) is 0 Å². The van der Waals surface area contributed by atoms with Crippen LogP contribution in [0.2, 0.25) is 5.02 Å². The normalized spacial score (nSPS) is 13.3. The molecule has 0 unspecified atom stereocenters. The van der Waals surface area contributed by atoms with Crippen molar-refractivity contribution in [3.8, 4) is 16.2 Å². The second kappa shape index (κ2) is 9.58. The molecule has 0 aliphatic heterocycles. The Labute approximate surface area is 197 Å². The van der Waals surface area contributed by atoms with Crippen molar-refractivity contribution in [3.05, 3.63) is 76.3 Å². The summed E-state index contributed by atoms with van der Waals surface area (Å²) < 4.78 is 68.4. The van der Waals surface area contributed by atoms with Crippen LogP contribution in [0.1, 0.15) is 4.88 Å². The number of hydrogen-bond donors (Lipinski definition) is 1. The van der Waals surface area contributed by atoms with Gasteiger partial charge in [-0.3, -0.25) is 0 Å². The summed E-state index contributed by atoms with van der Waals surface area (Å²) in [4.78, 5) is 5.49. The fraction of sp³-hybridized carbons (Fsp3) is 0.136. The van der Waals surface area contributed by atoms with Gasteiger partial charge in [0.25, 0.3) is 0 Å². The molecule has 3 aromatic rings. The first-order chi connectivity index (χ1) is 15.4. The van der Waals surface area contributed by atoms with E-state index in [1.807, 2.05) is 0 Å². The van der Waals surface area contributed by atoms with Crippen LogP contribution in [-0.2, 0) is 9.84 Å². The number of ether oxygens (including phenoxy) is 1. The highest BCUT2D eigenvalue weighted by Crippen LogP contribution is 2.35. The molecule has 11 heteroatoms. The quantitative estimate of drug-likeness (QED) is 0.409. The largest absolute Gasteiger partial charge is 0.494 e. The van der Waals surface area contributed by atoms with E-state index in [2.05, 4.69) is 4.99 Å². The van der Waals surface area contributed by atoms with Gasteiger partial charge in [0.05, 0.1) is 22.6 Å². The zero-order chi connectivity index (χ0) is 24.4. The molecule has 0 saturated heterocycles. The lowest BCUT2D eigenvalue weighted by Crippen LogP contribution is -2.20. The van der Waals surface area contributed by atoms with Crippen molar-refractivity contribution in [1.29, 1.82) is 0 Å². The number of rotatable bonds is 6. The van der Waals surface area contributed by atoms with Crippen molar-refractivity contribution in [2.45, 2.75) is 11.1 Å². The molecule has 0 aliphatic carbocycles. The molecule has 0 amide bonds. The summed E-state index contributed by atoms with van der Waals surface area (Å²) in [5, 5.41) is 0.325. The number of methoxy groups -OCH3 is 1. The Morgan fingerprint density at radius 1 is 1.15 bits per heavy atom. The molecular weight excluding hydrogens is 497 g/mol. The molecule has 1 heterocycles. The summed E-state index contributed by atoms with van der Waals surface area (Å²) in [5.74, 6) is 0.313. The molecule has 0 radical (unpaired) electrons. The Morgan fingerprint density at radius 3 is 2.52 bits per heavy atom. The van der Waals surface area contributed by atoms with Gasteiger partial charge < -0.3 is 10.5 Å². The number of halogens is 4. The van der Waals surface area contributed by atoms with E-state index in [1.54, 1.807) is 36.4 Å². The average Bonchev–Trinajstić information content (AvgIpc) is 3.22. The highest BCUT2D eigenvalue weighted by atomic mass is 35.5. The first-order valence-electron chi connectivity index (χ1n) is 9.26. The zero-order valence-corrected chi connectivity index (χ0v) is 19.7. The SMILES string of the molecule is COc1ccc(Cl)cc1N=C(C=C(N)C(F)(F)F)c1ccc(-c2cccc(S(C)(=O)=O)c2)s1. The van der Waals surface area contributed by atoms with Crippen LogP contribution in [0.25, 0.3) is 10.4 Å². The van der Waals surface area contributed by atoms with Gasteiger partial charge in [-0.05, 0) is 54.1 Å². The van der Waals surface area contributed by atoms with Crippen molar-refractivity contribution in [3.63, 3.8) is 0 Å². The van der Waals surface area contributed by atoms with Gasteiger partial charge in [-0.25, -0.2) is 13.4 Å². The third-order valence-corrected chi connectivity index (χ3v) is 6.91. The molecule has 2 N–H and O–H groups in total. The highest BCUT2D eigenvalue weighted by Gasteiger charge is 2.32. The van der Waals surface area contributed by atoms with E-state index < -0.39 is 21.7 Å². The van der Waals surface area contributed by atoms with Crippen LogP contribution in [0.5, 0.6) is 5.75 Å². The van der Waals surface area contributed by atoms with E-state index in [4.69, 9.17) is 22.1 Å². The number of aliphatic imine (C=N–C) groups is 1. The number of hydrogen-bond acceptors (Lipinski definition) is 6. The van der Waals surface area contributed by atoms with Gasteiger partial charge in [-0.2, -0.15) is 13.2 Å². The summed E-state index contributed by atoms with van der Waals surface area (Å²) in [7, 11) is -2.02. The van der Waals surface area contributed by atoms with Gasteiger partial charge in [0.2, 0.25) is 0 Å². The van der Waals surface area contributed by atoms with Gasteiger partial charge >= 0.3 is 6.18 Å². The van der Waals surface area contributed by atoms with E-state index >= 15 is 0 Å². The molecule has 1 aromatic heterocycles. The van der Waals surface area contributed by atoms with Crippen LogP contribution in [0, 0.1) is 0 Å². The van der Waals surface area contributed by atoms with Gasteiger partial charge in [0.1, 0.15) is 17.1 Å². The van der Waals surface area contributed by atoms with E-state index in [0.29, 0.717) is 26.1 Å². The van der Waals surface area contributed by atoms with Crippen molar-refractivity contribution in [2.75, 3.05) is 13.4 Å². The second-order valence-corrected chi connectivity index (χ2v) is 10.4. The minimum atomic E-state index is -4.75. The summed E-state index contributed by atoms with van der Waals surface area (Å²) in [6, 6.07) is 14.1. The highest BCUT2D eigenvalue weighted by molar-refractivity contribution is 7.90. The van der Waals surface area contributed by atoms with Crippen LogP contribution < -0.4 is 10.5 Å². The Kier molecular flexibility index (Phi) is 7.20. The number of alkyl halides is 3. The maximum absolute atomic E-state index is 13.2. The molecule has 0 saturated carbocycles. The zero-order valence-electron chi connectivity index (χ0n) is 17.4. The molecule has 174 valence electrons. The topological polar surface area (TPSA) is 81.8 Å². The van der Waals surface area contributed by atoms with Gasteiger partial charge in [-0.15, -0.1) is 11.3 Å². The van der Waals surface area contributed by atoms with Gasteiger partial charge in [0.15, 0.2) is 9.84 Å². The molecule has 0 spiro atoms. The first-order valence-corrected chi connectivity index (χ1v) is 12.3. The molecule has 3 rings (SSSR count). The summed E-state index contributed by atoms with van der Waals surface area (Å²) in [6.45, 7) is 0. The maximum Gasteiger partial charge on any atom is 0.430 e. The van der Waals surface area contributed by atoms with Crippen LogP contribution in [0.15, 0.2) is 76.3 Å². The standard InChI is InChI=1S/C22H18ClF3N2O3S2/c1-31-18-7-6-14(23)11-16(18)28-17(12-21(27)22(24,25)26)20-9-8-19(32-20)13-4-3-5-15(10-13)33(2,29)30/h3-12H,27H2,1-2H3. The molecule has 2 aromatic carbocycles. The molecule has 0 atom stereocenters. The van der Waals surface area contributed by atoms with Crippen LogP contribution >= 0.6 is 22.9 Å². The monoisotopic (exact) mass is 514 g/mol. The lowest BCUT2D eigenvalue weighted by Gasteiger charge is -2.09. The number of sulfone groups is 1.